The van der Waals surface area contributed by atoms with E-state index in [0.717, 1.165) is 5.56 Å². The monoisotopic (exact) mass is 353 g/mol. The maximum absolute atomic E-state index is 14.2. The molecule has 0 aliphatic carbocycles. The molecule has 26 heavy (non-hydrogen) atoms. The number of rotatable bonds is 6. The average molecular weight is 353 g/mol. The van der Waals surface area contributed by atoms with Crippen LogP contribution in [0.3, 0.4) is 0 Å². The van der Waals surface area contributed by atoms with Crippen molar-refractivity contribution in [1.82, 2.24) is 5.32 Å². The Hall–Kier alpha value is -3.41. The van der Waals surface area contributed by atoms with E-state index in [1.165, 1.54) is 36.6 Å². The molecule has 0 fully saturated rings. The SMILES string of the molecule is O=C(O[C@@H](C(=O)NCc1ccccc1)c1ccccc1F)c1ccco1. The van der Waals surface area contributed by atoms with E-state index in [1.54, 1.807) is 6.07 Å². The number of furan rings is 1. The van der Waals surface area contributed by atoms with Gasteiger partial charge in [-0.15, -0.1) is 0 Å². The Balaban J connectivity index is 1.79. The highest BCUT2D eigenvalue weighted by Gasteiger charge is 2.28. The molecule has 0 saturated heterocycles. The fourth-order valence-corrected chi connectivity index (χ4v) is 2.38. The minimum absolute atomic E-state index is 0.0297. The molecule has 3 rings (SSSR count). The molecule has 0 unspecified atom stereocenters. The van der Waals surface area contributed by atoms with Crippen LogP contribution in [-0.2, 0) is 16.1 Å². The number of carbonyl (C=O) groups is 2. The molecule has 1 amide bonds. The molecule has 5 nitrogen and oxygen atoms in total. The minimum atomic E-state index is -1.43. The van der Waals surface area contributed by atoms with Gasteiger partial charge in [0, 0.05) is 12.1 Å². The highest BCUT2D eigenvalue weighted by atomic mass is 19.1. The van der Waals surface area contributed by atoms with Gasteiger partial charge in [0.05, 0.1) is 6.26 Å². The van der Waals surface area contributed by atoms with E-state index in [1.807, 2.05) is 30.3 Å². The van der Waals surface area contributed by atoms with Gasteiger partial charge in [0.2, 0.25) is 11.9 Å². The molecule has 1 aromatic heterocycles. The van der Waals surface area contributed by atoms with Crippen molar-refractivity contribution in [2.75, 3.05) is 0 Å². The fraction of sp³-hybridized carbons (Fsp3) is 0.100. The summed E-state index contributed by atoms with van der Waals surface area (Å²) in [6.07, 6.45) is -0.123. The fourth-order valence-electron chi connectivity index (χ4n) is 2.38. The quantitative estimate of drug-likeness (QED) is 0.687. The standard InChI is InChI=1S/C20H16FNO4/c21-16-10-5-4-9-15(16)18(26-20(24)17-11-6-12-25-17)19(23)22-13-14-7-2-1-3-8-14/h1-12,18H,13H2,(H,22,23)/t18-/m1/s1. The second kappa shape index (κ2) is 8.11. The molecule has 0 saturated carbocycles. The van der Waals surface area contributed by atoms with E-state index in [0.29, 0.717) is 0 Å². The van der Waals surface area contributed by atoms with Crippen LogP contribution in [0.4, 0.5) is 4.39 Å². The summed E-state index contributed by atoms with van der Waals surface area (Å²) in [6, 6.07) is 17.8. The van der Waals surface area contributed by atoms with Crippen LogP contribution in [0.5, 0.6) is 0 Å². The number of hydrogen-bond donors (Lipinski definition) is 1. The topological polar surface area (TPSA) is 68.5 Å². The molecular formula is C20H16FNO4. The van der Waals surface area contributed by atoms with Gasteiger partial charge in [-0.2, -0.15) is 0 Å². The van der Waals surface area contributed by atoms with Gasteiger partial charge < -0.3 is 14.5 Å². The summed E-state index contributed by atoms with van der Waals surface area (Å²) in [5, 5.41) is 2.66. The molecule has 1 atom stereocenters. The zero-order valence-corrected chi connectivity index (χ0v) is 13.7. The zero-order chi connectivity index (χ0) is 18.4. The Morgan fingerprint density at radius 1 is 1.00 bits per heavy atom. The Morgan fingerprint density at radius 3 is 2.42 bits per heavy atom. The minimum Gasteiger partial charge on any atom is -0.457 e. The summed E-state index contributed by atoms with van der Waals surface area (Å²) >= 11 is 0. The van der Waals surface area contributed by atoms with Gasteiger partial charge in [-0.1, -0.05) is 48.5 Å². The molecule has 6 heteroatoms. The number of amides is 1. The zero-order valence-electron chi connectivity index (χ0n) is 13.7. The largest absolute Gasteiger partial charge is 0.457 e. The molecule has 0 bridgehead atoms. The molecule has 0 aliphatic heterocycles. The van der Waals surface area contributed by atoms with Crippen molar-refractivity contribution < 1.29 is 23.1 Å². The Kier molecular flexibility index (Phi) is 5.43. The van der Waals surface area contributed by atoms with E-state index in [4.69, 9.17) is 9.15 Å². The van der Waals surface area contributed by atoms with Crippen LogP contribution >= 0.6 is 0 Å². The highest BCUT2D eigenvalue weighted by Crippen LogP contribution is 2.23. The van der Waals surface area contributed by atoms with Crippen LogP contribution in [0.15, 0.2) is 77.4 Å². The summed E-state index contributed by atoms with van der Waals surface area (Å²) < 4.78 is 24.4. The lowest BCUT2D eigenvalue weighted by molar-refractivity contribution is -0.130. The normalized spacial score (nSPS) is 11.6. The predicted octanol–water partition coefficient (Wildman–Crippen LogP) is 3.63. The molecular weight excluding hydrogens is 337 g/mol. The summed E-state index contributed by atoms with van der Waals surface area (Å²) in [5.41, 5.74) is 0.837. The summed E-state index contributed by atoms with van der Waals surface area (Å²) in [6.45, 7) is 0.225. The van der Waals surface area contributed by atoms with Crippen LogP contribution in [0, 0.1) is 5.82 Å². The first-order valence-electron chi connectivity index (χ1n) is 7.95. The van der Waals surface area contributed by atoms with Crippen molar-refractivity contribution in [3.8, 4) is 0 Å². The lowest BCUT2D eigenvalue weighted by Crippen LogP contribution is -2.32. The molecule has 132 valence electrons. The molecule has 0 radical (unpaired) electrons. The van der Waals surface area contributed by atoms with Crippen molar-refractivity contribution in [3.05, 3.63) is 95.7 Å². The Labute approximate surface area is 149 Å². The third-order valence-electron chi connectivity index (χ3n) is 3.68. The van der Waals surface area contributed by atoms with Gasteiger partial charge >= 0.3 is 5.97 Å². The smallest absolute Gasteiger partial charge is 0.375 e. The van der Waals surface area contributed by atoms with Gasteiger partial charge in [0.15, 0.2) is 0 Å². The summed E-state index contributed by atoms with van der Waals surface area (Å²) in [7, 11) is 0. The highest BCUT2D eigenvalue weighted by molar-refractivity contribution is 5.90. The maximum atomic E-state index is 14.2. The van der Waals surface area contributed by atoms with Crippen LogP contribution < -0.4 is 5.32 Å². The van der Waals surface area contributed by atoms with Crippen LogP contribution in [-0.4, -0.2) is 11.9 Å². The second-order valence-corrected chi connectivity index (χ2v) is 5.49. The molecule has 0 aliphatic rings. The Morgan fingerprint density at radius 2 is 1.73 bits per heavy atom. The Bertz CT molecular complexity index is 878. The predicted molar refractivity (Wildman–Crippen MR) is 91.6 cm³/mol. The van der Waals surface area contributed by atoms with E-state index in [9.17, 15) is 14.0 Å². The first-order valence-corrected chi connectivity index (χ1v) is 7.95. The molecule has 1 N–H and O–H groups in total. The van der Waals surface area contributed by atoms with Crippen LogP contribution in [0.2, 0.25) is 0 Å². The number of carbonyl (C=O) groups excluding carboxylic acids is 2. The molecule has 0 spiro atoms. The van der Waals surface area contributed by atoms with Crippen molar-refractivity contribution >= 4 is 11.9 Å². The molecule has 1 heterocycles. The molecule has 2 aromatic carbocycles. The van der Waals surface area contributed by atoms with Crippen molar-refractivity contribution in [2.45, 2.75) is 12.6 Å². The van der Waals surface area contributed by atoms with E-state index < -0.39 is 23.8 Å². The van der Waals surface area contributed by atoms with Gasteiger partial charge in [-0.3, -0.25) is 4.79 Å². The van der Waals surface area contributed by atoms with Gasteiger partial charge in [0.1, 0.15) is 5.82 Å². The van der Waals surface area contributed by atoms with Crippen LogP contribution in [0.25, 0.3) is 0 Å². The number of halogens is 1. The van der Waals surface area contributed by atoms with Gasteiger partial charge in [0.25, 0.3) is 5.91 Å². The molecule has 3 aromatic rings. The lowest BCUT2D eigenvalue weighted by Gasteiger charge is -2.18. The van der Waals surface area contributed by atoms with Gasteiger partial charge in [-0.25, -0.2) is 9.18 Å². The summed E-state index contributed by atoms with van der Waals surface area (Å²) in [4.78, 5) is 24.7. The number of hydrogen-bond acceptors (Lipinski definition) is 4. The van der Waals surface area contributed by atoms with E-state index in [2.05, 4.69) is 5.32 Å². The second-order valence-electron chi connectivity index (χ2n) is 5.49. The first-order chi connectivity index (χ1) is 12.6. The first kappa shape index (κ1) is 17.4. The number of nitrogens with one attached hydrogen (secondary N) is 1. The van der Waals surface area contributed by atoms with Crippen LogP contribution in [0.1, 0.15) is 27.8 Å². The number of benzene rings is 2. The number of ether oxygens (including phenoxy) is 1. The van der Waals surface area contributed by atoms with E-state index >= 15 is 0 Å². The third-order valence-corrected chi connectivity index (χ3v) is 3.68. The van der Waals surface area contributed by atoms with Gasteiger partial charge in [-0.05, 0) is 23.8 Å². The van der Waals surface area contributed by atoms with E-state index in [-0.39, 0.29) is 17.9 Å². The third kappa shape index (κ3) is 4.16. The van der Waals surface area contributed by atoms with Crippen molar-refractivity contribution in [2.24, 2.45) is 0 Å². The van der Waals surface area contributed by atoms with Crippen molar-refractivity contribution in [1.29, 1.82) is 0 Å². The average Bonchev–Trinajstić information content (AvgIpc) is 3.20. The number of esters is 1. The van der Waals surface area contributed by atoms with Crippen molar-refractivity contribution in [3.63, 3.8) is 0 Å². The maximum Gasteiger partial charge on any atom is 0.375 e. The summed E-state index contributed by atoms with van der Waals surface area (Å²) in [5.74, 6) is -2.18. The lowest BCUT2D eigenvalue weighted by atomic mass is 10.1.